The van der Waals surface area contributed by atoms with E-state index in [4.69, 9.17) is 15.6 Å². The van der Waals surface area contributed by atoms with Crippen LogP contribution in [0, 0.1) is 0 Å². The van der Waals surface area contributed by atoms with Crippen molar-refractivity contribution in [2.75, 3.05) is 13.2 Å². The first-order valence-electron chi connectivity index (χ1n) is 7.33. The molecule has 0 aliphatic heterocycles. The first-order valence-corrected chi connectivity index (χ1v) is 7.33. The van der Waals surface area contributed by atoms with Gasteiger partial charge in [-0.05, 0) is 38.4 Å². The fourth-order valence-electron chi connectivity index (χ4n) is 2.43. The summed E-state index contributed by atoms with van der Waals surface area (Å²) in [6.45, 7) is 6.37. The minimum absolute atomic E-state index is 0.0745. The van der Waals surface area contributed by atoms with E-state index in [0.29, 0.717) is 19.4 Å². The molecule has 0 fully saturated rings. The summed E-state index contributed by atoms with van der Waals surface area (Å²) in [5.74, 6) is 0.353. The molecule has 0 aliphatic carbocycles. The van der Waals surface area contributed by atoms with Gasteiger partial charge in [-0.3, -0.25) is 4.79 Å². The van der Waals surface area contributed by atoms with E-state index in [9.17, 15) is 4.79 Å². The van der Waals surface area contributed by atoms with E-state index in [0.717, 1.165) is 11.3 Å². The first-order chi connectivity index (χ1) is 9.92. The Morgan fingerprint density at radius 3 is 2.71 bits per heavy atom. The van der Waals surface area contributed by atoms with Crippen molar-refractivity contribution in [1.82, 2.24) is 5.32 Å². The molecule has 5 heteroatoms. The molecule has 0 radical (unpaired) electrons. The number of primary amides is 1. The molecule has 4 N–H and O–H groups in total. The Morgan fingerprint density at radius 2 is 2.14 bits per heavy atom. The van der Waals surface area contributed by atoms with Gasteiger partial charge >= 0.3 is 0 Å². The van der Waals surface area contributed by atoms with E-state index < -0.39 is 5.54 Å². The largest absolute Gasteiger partial charge is 0.490 e. The SMILES string of the molecule is CCNC(C)(CC(C)Oc1ccccc1CCO)C(N)=O. The van der Waals surface area contributed by atoms with Crippen LogP contribution in [0.2, 0.25) is 0 Å². The lowest BCUT2D eigenvalue weighted by Gasteiger charge is -2.30. The molecule has 1 aromatic carbocycles. The quantitative estimate of drug-likeness (QED) is 0.639. The molecule has 0 spiro atoms. The summed E-state index contributed by atoms with van der Waals surface area (Å²) in [6.07, 6.45) is 0.841. The molecule has 1 aromatic rings. The van der Waals surface area contributed by atoms with E-state index in [1.807, 2.05) is 38.1 Å². The van der Waals surface area contributed by atoms with Gasteiger partial charge in [0.25, 0.3) is 0 Å². The van der Waals surface area contributed by atoms with Gasteiger partial charge in [0.05, 0.1) is 11.6 Å². The van der Waals surface area contributed by atoms with E-state index in [2.05, 4.69) is 5.32 Å². The Balaban J connectivity index is 2.77. The summed E-state index contributed by atoms with van der Waals surface area (Å²) in [5, 5.41) is 12.2. The third-order valence-electron chi connectivity index (χ3n) is 3.49. The average molecular weight is 294 g/mol. The highest BCUT2D eigenvalue weighted by Gasteiger charge is 2.32. The van der Waals surface area contributed by atoms with Gasteiger partial charge in [0.1, 0.15) is 5.75 Å². The number of aliphatic hydroxyl groups excluding tert-OH is 1. The first kappa shape index (κ1) is 17.5. The normalized spacial score (nSPS) is 15.2. The third-order valence-corrected chi connectivity index (χ3v) is 3.49. The maximum Gasteiger partial charge on any atom is 0.237 e. The van der Waals surface area contributed by atoms with Crippen LogP contribution in [0.15, 0.2) is 24.3 Å². The van der Waals surface area contributed by atoms with E-state index in [1.54, 1.807) is 6.92 Å². The van der Waals surface area contributed by atoms with Crippen LogP contribution in [0.5, 0.6) is 5.75 Å². The maximum absolute atomic E-state index is 11.6. The summed E-state index contributed by atoms with van der Waals surface area (Å²) in [6, 6.07) is 7.60. The van der Waals surface area contributed by atoms with Crippen LogP contribution in [0.1, 0.15) is 32.8 Å². The summed E-state index contributed by atoms with van der Waals surface area (Å²) >= 11 is 0. The van der Waals surface area contributed by atoms with Crippen LogP contribution in [-0.2, 0) is 11.2 Å². The van der Waals surface area contributed by atoms with Gasteiger partial charge in [0.2, 0.25) is 5.91 Å². The Kier molecular flexibility index (Phi) is 6.65. The number of rotatable bonds is 9. The Bertz CT molecular complexity index is 465. The molecule has 0 aromatic heterocycles. The molecule has 21 heavy (non-hydrogen) atoms. The molecular formula is C16H26N2O3. The van der Waals surface area contributed by atoms with E-state index in [-0.39, 0.29) is 18.6 Å². The summed E-state index contributed by atoms with van der Waals surface area (Å²) < 4.78 is 5.93. The molecular weight excluding hydrogens is 268 g/mol. The van der Waals surface area contributed by atoms with Gasteiger partial charge in [0, 0.05) is 13.0 Å². The number of aliphatic hydroxyl groups is 1. The predicted octanol–water partition coefficient (Wildman–Crippen LogP) is 1.23. The fourth-order valence-corrected chi connectivity index (χ4v) is 2.43. The number of hydrogen-bond acceptors (Lipinski definition) is 4. The van der Waals surface area contributed by atoms with Gasteiger partial charge < -0.3 is 20.9 Å². The Hall–Kier alpha value is -1.59. The summed E-state index contributed by atoms with van der Waals surface area (Å²) in [4.78, 5) is 11.6. The highest BCUT2D eigenvalue weighted by molar-refractivity contribution is 5.84. The second-order valence-electron chi connectivity index (χ2n) is 5.44. The van der Waals surface area contributed by atoms with Crippen molar-refractivity contribution < 1.29 is 14.6 Å². The van der Waals surface area contributed by atoms with Crippen molar-refractivity contribution in [2.45, 2.75) is 45.3 Å². The molecule has 2 atom stereocenters. The number of carbonyl (C=O) groups excluding carboxylic acids is 1. The van der Waals surface area contributed by atoms with Gasteiger partial charge in [-0.15, -0.1) is 0 Å². The summed E-state index contributed by atoms with van der Waals surface area (Å²) in [7, 11) is 0. The van der Waals surface area contributed by atoms with E-state index in [1.165, 1.54) is 0 Å². The Labute approximate surface area is 126 Å². The van der Waals surface area contributed by atoms with Gasteiger partial charge in [0.15, 0.2) is 0 Å². The van der Waals surface area contributed by atoms with Crippen molar-refractivity contribution in [3.8, 4) is 5.75 Å². The molecule has 118 valence electrons. The minimum Gasteiger partial charge on any atom is -0.490 e. The van der Waals surface area contributed by atoms with Crippen molar-refractivity contribution in [3.05, 3.63) is 29.8 Å². The Morgan fingerprint density at radius 1 is 1.48 bits per heavy atom. The molecule has 0 bridgehead atoms. The molecule has 0 aliphatic rings. The minimum atomic E-state index is -0.792. The standard InChI is InChI=1S/C16H26N2O3/c1-4-18-16(3,15(17)20)11-12(2)21-14-8-6-5-7-13(14)9-10-19/h5-8,12,18-19H,4,9-11H2,1-3H3,(H2,17,20). The highest BCUT2D eigenvalue weighted by atomic mass is 16.5. The van der Waals surface area contributed by atoms with Crippen molar-refractivity contribution in [2.24, 2.45) is 5.73 Å². The average Bonchev–Trinajstić information content (AvgIpc) is 2.41. The zero-order valence-electron chi connectivity index (χ0n) is 13.1. The number of likely N-dealkylation sites (N-methyl/N-ethyl adjacent to an activating group) is 1. The number of benzene rings is 1. The lowest BCUT2D eigenvalue weighted by Crippen LogP contribution is -2.55. The lowest BCUT2D eigenvalue weighted by molar-refractivity contribution is -0.124. The number of para-hydroxylation sites is 1. The maximum atomic E-state index is 11.6. The van der Waals surface area contributed by atoms with Gasteiger partial charge in [-0.25, -0.2) is 0 Å². The van der Waals surface area contributed by atoms with Crippen molar-refractivity contribution in [1.29, 1.82) is 0 Å². The smallest absolute Gasteiger partial charge is 0.237 e. The second kappa shape index (κ2) is 8.00. The number of nitrogens with one attached hydrogen (secondary N) is 1. The molecule has 5 nitrogen and oxygen atoms in total. The summed E-state index contributed by atoms with van der Waals surface area (Å²) in [5.41, 5.74) is 5.65. The molecule has 0 heterocycles. The number of nitrogens with two attached hydrogens (primary N) is 1. The highest BCUT2D eigenvalue weighted by Crippen LogP contribution is 2.22. The van der Waals surface area contributed by atoms with Crippen molar-refractivity contribution in [3.63, 3.8) is 0 Å². The van der Waals surface area contributed by atoms with Crippen LogP contribution < -0.4 is 15.8 Å². The third kappa shape index (κ3) is 5.02. The van der Waals surface area contributed by atoms with Gasteiger partial charge in [-0.1, -0.05) is 25.1 Å². The van der Waals surface area contributed by atoms with Gasteiger partial charge in [-0.2, -0.15) is 0 Å². The number of hydrogen-bond donors (Lipinski definition) is 3. The molecule has 0 saturated carbocycles. The monoisotopic (exact) mass is 294 g/mol. The van der Waals surface area contributed by atoms with E-state index >= 15 is 0 Å². The van der Waals surface area contributed by atoms with Crippen LogP contribution >= 0.6 is 0 Å². The number of amides is 1. The number of carbonyl (C=O) groups is 1. The van der Waals surface area contributed by atoms with Crippen LogP contribution in [0.25, 0.3) is 0 Å². The second-order valence-corrected chi connectivity index (χ2v) is 5.44. The molecule has 0 saturated heterocycles. The number of ether oxygens (including phenoxy) is 1. The zero-order valence-corrected chi connectivity index (χ0v) is 13.1. The predicted molar refractivity (Wildman–Crippen MR) is 83.2 cm³/mol. The van der Waals surface area contributed by atoms with Crippen LogP contribution in [-0.4, -0.2) is 35.8 Å². The molecule has 2 unspecified atom stereocenters. The lowest BCUT2D eigenvalue weighted by atomic mass is 9.93. The fraction of sp³-hybridized carbons (Fsp3) is 0.562. The van der Waals surface area contributed by atoms with Crippen molar-refractivity contribution >= 4 is 5.91 Å². The zero-order chi connectivity index (χ0) is 15.9. The molecule has 1 rings (SSSR count). The molecule has 1 amide bonds. The topological polar surface area (TPSA) is 84.6 Å². The van der Waals surface area contributed by atoms with Crippen LogP contribution in [0.4, 0.5) is 0 Å². The van der Waals surface area contributed by atoms with Crippen LogP contribution in [0.3, 0.4) is 0 Å².